The van der Waals surface area contributed by atoms with Crippen molar-refractivity contribution < 1.29 is 9.53 Å². The van der Waals surface area contributed by atoms with Gasteiger partial charge >= 0.3 is 0 Å². The number of carbonyl (C=O) groups is 1. The van der Waals surface area contributed by atoms with E-state index >= 15 is 0 Å². The van der Waals surface area contributed by atoms with Crippen LogP contribution < -0.4 is 10.2 Å². The highest BCUT2D eigenvalue weighted by atomic mass is 79.9. The molecular formula is C16H19BrN2O2. The number of hydrogen-bond acceptors (Lipinski definition) is 3. The van der Waals surface area contributed by atoms with Gasteiger partial charge in [0.15, 0.2) is 0 Å². The maximum Gasteiger partial charge on any atom is 0.243 e. The summed E-state index contributed by atoms with van der Waals surface area (Å²) in [4.78, 5) is 12.1. The fraction of sp³-hybridized carbons (Fsp3) is 0.500. The van der Waals surface area contributed by atoms with Gasteiger partial charge in [0.25, 0.3) is 0 Å². The average Bonchev–Trinajstić information content (AvgIpc) is 3.23. The molecule has 0 bridgehead atoms. The number of benzene rings is 1. The number of amides is 1. The van der Waals surface area contributed by atoms with Crippen LogP contribution in [0.15, 0.2) is 27.8 Å². The monoisotopic (exact) mass is 350 g/mol. The Balaban J connectivity index is 1.58. The fourth-order valence-corrected chi connectivity index (χ4v) is 3.72. The third kappa shape index (κ3) is 3.12. The average molecular weight is 351 g/mol. The molecule has 2 aliphatic carbocycles. The largest absolute Gasteiger partial charge is 0.497 e. The van der Waals surface area contributed by atoms with Crippen molar-refractivity contribution in [2.45, 2.75) is 25.7 Å². The third-order valence-electron chi connectivity index (χ3n) is 4.54. The highest BCUT2D eigenvalue weighted by Crippen LogP contribution is 2.55. The summed E-state index contributed by atoms with van der Waals surface area (Å²) in [6.45, 7) is 0. The van der Waals surface area contributed by atoms with E-state index in [1.807, 2.05) is 18.2 Å². The van der Waals surface area contributed by atoms with Crippen LogP contribution in [0, 0.1) is 17.8 Å². The van der Waals surface area contributed by atoms with Crippen LogP contribution in [0.5, 0.6) is 5.75 Å². The van der Waals surface area contributed by atoms with Gasteiger partial charge in [-0.3, -0.25) is 4.79 Å². The third-order valence-corrected chi connectivity index (χ3v) is 5.26. The Morgan fingerprint density at radius 2 is 2.10 bits per heavy atom. The summed E-state index contributed by atoms with van der Waals surface area (Å²) in [6.07, 6.45) is 6.59. The quantitative estimate of drug-likeness (QED) is 0.668. The number of ether oxygens (including phenoxy) is 1. The molecular weight excluding hydrogens is 332 g/mol. The van der Waals surface area contributed by atoms with Crippen molar-refractivity contribution in [1.82, 2.24) is 5.43 Å². The van der Waals surface area contributed by atoms with Gasteiger partial charge in [-0.05, 0) is 42.9 Å². The van der Waals surface area contributed by atoms with Crippen molar-refractivity contribution in [1.29, 1.82) is 0 Å². The van der Waals surface area contributed by atoms with Crippen LogP contribution in [0.4, 0.5) is 0 Å². The molecule has 0 unspecified atom stereocenters. The van der Waals surface area contributed by atoms with E-state index in [-0.39, 0.29) is 11.8 Å². The molecule has 0 saturated heterocycles. The molecule has 1 aromatic rings. The summed E-state index contributed by atoms with van der Waals surface area (Å²) < 4.78 is 6.10. The maximum absolute atomic E-state index is 12.1. The number of carbonyl (C=O) groups excluding carboxylic acids is 1. The first-order valence-corrected chi connectivity index (χ1v) is 8.16. The van der Waals surface area contributed by atoms with Crippen molar-refractivity contribution in [2.75, 3.05) is 7.11 Å². The lowest BCUT2D eigenvalue weighted by Crippen LogP contribution is -2.20. The number of nitrogens with one attached hydrogen (secondary N) is 1. The van der Waals surface area contributed by atoms with Crippen LogP contribution in [0.3, 0.4) is 0 Å². The van der Waals surface area contributed by atoms with E-state index in [0.29, 0.717) is 11.8 Å². The van der Waals surface area contributed by atoms with Gasteiger partial charge in [0, 0.05) is 16.0 Å². The Labute approximate surface area is 133 Å². The topological polar surface area (TPSA) is 50.7 Å². The van der Waals surface area contributed by atoms with E-state index in [2.05, 4.69) is 26.5 Å². The lowest BCUT2D eigenvalue weighted by molar-refractivity contribution is -0.122. The van der Waals surface area contributed by atoms with Gasteiger partial charge in [-0.1, -0.05) is 28.8 Å². The number of fused-ring (bicyclic) bond motifs is 1. The molecule has 0 aliphatic heterocycles. The Bertz CT molecular complexity index is 561. The van der Waals surface area contributed by atoms with Crippen LogP contribution in [0.25, 0.3) is 0 Å². The molecule has 112 valence electrons. The Hall–Kier alpha value is -1.36. The maximum atomic E-state index is 12.1. The summed E-state index contributed by atoms with van der Waals surface area (Å²) in [5.41, 5.74) is 3.56. The Morgan fingerprint density at radius 3 is 2.76 bits per heavy atom. The van der Waals surface area contributed by atoms with E-state index in [1.165, 1.54) is 25.7 Å². The lowest BCUT2D eigenvalue weighted by atomic mass is 10.0. The standard InChI is InChI=1S/C16H19BrN2O2/c1-21-11-6-7-14(17)10(8-11)9-18-19-16(20)15-12-4-2-3-5-13(12)15/h6-9,12-13,15H,2-5H2,1H3,(H,19,20)/t12-,13-/m1/s1. The molecule has 2 aliphatic rings. The molecule has 0 radical (unpaired) electrons. The summed E-state index contributed by atoms with van der Waals surface area (Å²) in [6, 6.07) is 5.64. The second-order valence-electron chi connectivity index (χ2n) is 5.76. The summed E-state index contributed by atoms with van der Waals surface area (Å²) in [5.74, 6) is 2.25. The molecule has 1 aromatic carbocycles. The Kier molecular flexibility index (Phi) is 4.29. The van der Waals surface area contributed by atoms with Gasteiger partial charge in [-0.15, -0.1) is 0 Å². The minimum atomic E-state index is 0.0715. The van der Waals surface area contributed by atoms with Crippen LogP contribution in [0.2, 0.25) is 0 Å². The van der Waals surface area contributed by atoms with Gasteiger partial charge in [0.05, 0.1) is 13.3 Å². The molecule has 3 rings (SSSR count). The molecule has 0 spiro atoms. The molecule has 4 nitrogen and oxygen atoms in total. The highest BCUT2D eigenvalue weighted by molar-refractivity contribution is 9.10. The first-order chi connectivity index (χ1) is 10.2. The molecule has 2 saturated carbocycles. The smallest absolute Gasteiger partial charge is 0.243 e. The molecule has 5 heteroatoms. The predicted molar refractivity (Wildman–Crippen MR) is 85.4 cm³/mol. The number of hydrogen-bond donors (Lipinski definition) is 1. The van der Waals surface area contributed by atoms with E-state index < -0.39 is 0 Å². The van der Waals surface area contributed by atoms with Gasteiger partial charge in [-0.2, -0.15) is 5.10 Å². The molecule has 21 heavy (non-hydrogen) atoms. The molecule has 2 atom stereocenters. The van der Waals surface area contributed by atoms with E-state index in [4.69, 9.17) is 4.74 Å². The van der Waals surface area contributed by atoms with Crippen LogP contribution in [0.1, 0.15) is 31.2 Å². The molecule has 2 fully saturated rings. The number of methoxy groups -OCH3 is 1. The van der Waals surface area contributed by atoms with Crippen LogP contribution in [-0.2, 0) is 4.79 Å². The zero-order valence-corrected chi connectivity index (χ0v) is 13.6. The second kappa shape index (κ2) is 6.18. The molecule has 1 amide bonds. The van der Waals surface area contributed by atoms with Gasteiger partial charge < -0.3 is 4.74 Å². The number of nitrogens with zero attached hydrogens (tertiary/aromatic N) is 1. The SMILES string of the molecule is COc1ccc(Br)c(C=NNC(=O)C2[C@@H]3CCCC[C@@H]23)c1. The van der Waals surface area contributed by atoms with Crippen molar-refractivity contribution in [3.05, 3.63) is 28.2 Å². The number of halogens is 1. The predicted octanol–water partition coefficient (Wildman–Crippen LogP) is 3.34. The van der Waals surface area contributed by atoms with E-state index in [0.717, 1.165) is 15.8 Å². The van der Waals surface area contributed by atoms with Gasteiger partial charge in [-0.25, -0.2) is 5.43 Å². The van der Waals surface area contributed by atoms with E-state index in [9.17, 15) is 4.79 Å². The normalized spacial score (nSPS) is 27.2. The van der Waals surface area contributed by atoms with Crippen LogP contribution in [-0.4, -0.2) is 19.2 Å². The zero-order chi connectivity index (χ0) is 14.8. The van der Waals surface area contributed by atoms with Crippen molar-refractivity contribution in [2.24, 2.45) is 22.9 Å². The first-order valence-electron chi connectivity index (χ1n) is 7.37. The number of rotatable bonds is 4. The van der Waals surface area contributed by atoms with E-state index in [1.54, 1.807) is 13.3 Å². The van der Waals surface area contributed by atoms with Gasteiger partial charge in [0.1, 0.15) is 5.75 Å². The summed E-state index contributed by atoms with van der Waals surface area (Å²) >= 11 is 3.46. The van der Waals surface area contributed by atoms with Crippen LogP contribution >= 0.6 is 15.9 Å². The highest BCUT2D eigenvalue weighted by Gasteiger charge is 2.54. The summed E-state index contributed by atoms with van der Waals surface area (Å²) in [5, 5.41) is 4.09. The first kappa shape index (κ1) is 14.6. The molecule has 0 aromatic heterocycles. The van der Waals surface area contributed by atoms with Crippen molar-refractivity contribution >= 4 is 28.1 Å². The van der Waals surface area contributed by atoms with Crippen molar-refractivity contribution in [3.8, 4) is 5.75 Å². The number of hydrazone groups is 1. The van der Waals surface area contributed by atoms with Gasteiger partial charge in [0.2, 0.25) is 5.91 Å². The minimum absolute atomic E-state index is 0.0715. The lowest BCUT2D eigenvalue weighted by Gasteiger charge is -2.04. The molecule has 0 heterocycles. The minimum Gasteiger partial charge on any atom is -0.497 e. The van der Waals surface area contributed by atoms with Crippen molar-refractivity contribution in [3.63, 3.8) is 0 Å². The fourth-order valence-electron chi connectivity index (χ4n) is 3.37. The summed E-state index contributed by atoms with van der Waals surface area (Å²) in [7, 11) is 1.63. The Morgan fingerprint density at radius 1 is 1.38 bits per heavy atom. The molecule has 1 N–H and O–H groups in total. The zero-order valence-electron chi connectivity index (χ0n) is 12.0. The second-order valence-corrected chi connectivity index (χ2v) is 6.61.